The van der Waals surface area contributed by atoms with Gasteiger partial charge in [-0.1, -0.05) is 18.2 Å². The van der Waals surface area contributed by atoms with E-state index in [-0.39, 0.29) is 221 Å². The molecule has 2 heterocycles. The SMILES string of the molecule is COC(=O)c1nn(-c2cc(SOO[O-])ccc2S(=O)(=O)[O-])c(O)c1C=CC=CC=C1C(=O)N(c2cc(SOO[O-])ccc2S(=O)(=O)[O-])N=C1OC(C)=O.[K+].[K+].[K+].[K+]. The van der Waals surface area contributed by atoms with Crippen LogP contribution in [-0.4, -0.2) is 71.7 Å². The van der Waals surface area contributed by atoms with E-state index in [0.717, 1.165) is 62.6 Å². The third-order valence-electron chi connectivity index (χ3n) is 6.28. The van der Waals surface area contributed by atoms with E-state index in [1.807, 2.05) is 0 Å². The van der Waals surface area contributed by atoms with E-state index < -0.39 is 82.3 Å². The van der Waals surface area contributed by atoms with E-state index in [4.69, 9.17) is 4.74 Å². The van der Waals surface area contributed by atoms with Gasteiger partial charge < -0.3 is 34.2 Å². The molecule has 0 saturated heterocycles. The molecule has 282 valence electrons. The number of carbonyl (C=O) groups is 3. The summed E-state index contributed by atoms with van der Waals surface area (Å²) >= 11 is 0.617. The molecule has 0 fully saturated rings. The summed E-state index contributed by atoms with van der Waals surface area (Å²) in [6.07, 6.45) is 5.71. The van der Waals surface area contributed by atoms with Crippen LogP contribution in [0.15, 0.2) is 91.0 Å². The Hall–Kier alpha value is 1.58. The number of esters is 2. The first-order valence-electron chi connectivity index (χ1n) is 13.6. The van der Waals surface area contributed by atoms with Gasteiger partial charge in [-0.2, -0.15) is 23.5 Å². The van der Waals surface area contributed by atoms with Gasteiger partial charge in [0.2, 0.25) is 5.88 Å². The third-order valence-corrected chi connectivity index (χ3v) is 9.19. The van der Waals surface area contributed by atoms with Crippen molar-refractivity contribution in [1.29, 1.82) is 0 Å². The Kier molecular flexibility index (Phi) is 27.8. The first kappa shape index (κ1) is 58.6. The second-order valence-corrected chi connectivity index (χ2v) is 13.8. The summed E-state index contributed by atoms with van der Waals surface area (Å²) in [4.78, 5) is 35.9. The van der Waals surface area contributed by atoms with Crippen LogP contribution in [0.3, 0.4) is 0 Å². The van der Waals surface area contributed by atoms with Gasteiger partial charge in [0.1, 0.15) is 25.8 Å². The molecule has 57 heavy (non-hydrogen) atoms. The van der Waals surface area contributed by atoms with Crippen LogP contribution in [0.1, 0.15) is 23.0 Å². The van der Waals surface area contributed by atoms with Crippen molar-refractivity contribution in [1.82, 2.24) is 9.78 Å². The number of ether oxygens (including phenoxy) is 2. The molecule has 0 aliphatic carbocycles. The number of amides is 1. The number of rotatable bonds is 14. The summed E-state index contributed by atoms with van der Waals surface area (Å²) in [5.74, 6) is -4.64. The van der Waals surface area contributed by atoms with Gasteiger partial charge in [-0.3, -0.25) is 19.7 Å². The summed E-state index contributed by atoms with van der Waals surface area (Å²) in [6, 6.07) is 5.71. The van der Waals surface area contributed by atoms with E-state index in [2.05, 4.69) is 33.7 Å². The molecule has 0 bridgehead atoms. The van der Waals surface area contributed by atoms with Gasteiger partial charge in [-0.15, -0.1) is 5.10 Å². The monoisotopic (exact) mass is 970 g/mol. The van der Waals surface area contributed by atoms with E-state index in [1.165, 1.54) is 18.2 Å². The smallest absolute Gasteiger partial charge is 0.744 e. The molecule has 1 aliphatic heterocycles. The molecule has 22 nitrogen and oxygen atoms in total. The fourth-order valence-electron chi connectivity index (χ4n) is 4.23. The number of hydrazone groups is 1. The van der Waals surface area contributed by atoms with Gasteiger partial charge in [0.05, 0.1) is 57.9 Å². The van der Waals surface area contributed by atoms with E-state index in [0.29, 0.717) is 33.8 Å². The number of aromatic hydroxyl groups is 1. The number of anilines is 1. The Morgan fingerprint density at radius 2 is 1.37 bits per heavy atom. The van der Waals surface area contributed by atoms with Crippen molar-refractivity contribution in [2.24, 2.45) is 5.10 Å². The van der Waals surface area contributed by atoms with Crippen molar-refractivity contribution in [3.05, 3.63) is 77.5 Å². The number of methoxy groups -OCH3 is 1. The molecular formula is C27H18K4N4O18S4. The predicted molar refractivity (Wildman–Crippen MR) is 168 cm³/mol. The number of carbonyl (C=O) groups excluding carboxylic acids is 3. The van der Waals surface area contributed by atoms with Crippen molar-refractivity contribution in [3.8, 4) is 11.6 Å². The molecule has 1 aromatic heterocycles. The molecule has 30 heteroatoms. The fraction of sp³-hybridized carbons (Fsp3) is 0.0741. The third kappa shape index (κ3) is 16.0. The largest absolute Gasteiger partial charge is 1.00 e. The van der Waals surface area contributed by atoms with E-state index in [1.54, 1.807) is 0 Å². The molecule has 0 atom stereocenters. The first-order chi connectivity index (χ1) is 25.0. The maximum atomic E-state index is 13.4. The van der Waals surface area contributed by atoms with Crippen molar-refractivity contribution in [3.63, 3.8) is 0 Å². The predicted octanol–water partition coefficient (Wildman–Crippen LogP) is -11.9. The summed E-state index contributed by atoms with van der Waals surface area (Å²) in [7, 11) is -9.45. The second kappa shape index (κ2) is 27.0. The van der Waals surface area contributed by atoms with Crippen LogP contribution in [0.4, 0.5) is 5.69 Å². The summed E-state index contributed by atoms with van der Waals surface area (Å²) in [6.45, 7) is 0.974. The van der Waals surface area contributed by atoms with Gasteiger partial charge in [-0.05, 0) is 48.6 Å². The number of hydrogen-bond acceptors (Lipinski definition) is 22. The maximum absolute atomic E-state index is 13.4. The van der Waals surface area contributed by atoms with Gasteiger partial charge in [-0.25, -0.2) is 21.6 Å². The zero-order valence-corrected chi connectivity index (χ0v) is 45.9. The van der Waals surface area contributed by atoms with Gasteiger partial charge in [0, 0.05) is 16.7 Å². The minimum Gasteiger partial charge on any atom is -0.744 e. The zero-order chi connectivity index (χ0) is 39.1. The molecule has 0 spiro atoms. The second-order valence-electron chi connectivity index (χ2n) is 9.54. The Morgan fingerprint density at radius 1 is 0.842 bits per heavy atom. The van der Waals surface area contributed by atoms with Crippen LogP contribution in [0, 0.1) is 0 Å². The first-order valence-corrected chi connectivity index (χ1v) is 17.9. The summed E-state index contributed by atoms with van der Waals surface area (Å²) in [5, 5.41) is 46.1. The van der Waals surface area contributed by atoms with Gasteiger partial charge in [0.15, 0.2) is 5.69 Å². The quantitative estimate of drug-likeness (QED) is 0.0229. The normalized spacial score (nSPS) is 13.4. The van der Waals surface area contributed by atoms with Crippen molar-refractivity contribution >= 4 is 79.8 Å². The topological polar surface area (TPSA) is 321 Å². The minimum atomic E-state index is -5.22. The van der Waals surface area contributed by atoms with Crippen molar-refractivity contribution in [2.45, 2.75) is 26.5 Å². The number of hydrogen-bond donors (Lipinski definition) is 1. The average Bonchev–Trinajstić information content (AvgIpc) is 3.59. The van der Waals surface area contributed by atoms with Crippen molar-refractivity contribution < 1.29 is 290 Å². The average molecular weight is 971 g/mol. The molecule has 3 aromatic rings. The summed E-state index contributed by atoms with van der Waals surface area (Å²) < 4.78 is 90.4. The van der Waals surface area contributed by atoms with E-state index in [9.17, 15) is 55.9 Å². The molecule has 4 rings (SSSR count). The maximum Gasteiger partial charge on any atom is 1.00 e. The molecule has 0 unspecified atom stereocenters. The summed E-state index contributed by atoms with van der Waals surface area (Å²) in [5.41, 5.74) is -2.53. The Bertz CT molecular complexity index is 2300. The molecule has 0 radical (unpaired) electrons. The van der Waals surface area contributed by atoms with Crippen LogP contribution in [0.2, 0.25) is 0 Å². The number of allylic oxidation sites excluding steroid dienone is 4. The molecule has 2 aromatic carbocycles. The van der Waals surface area contributed by atoms with Crippen LogP contribution in [0.5, 0.6) is 5.88 Å². The van der Waals surface area contributed by atoms with Crippen LogP contribution in [-0.2, 0) is 58.0 Å². The van der Waals surface area contributed by atoms with Crippen LogP contribution < -0.4 is 221 Å². The van der Waals surface area contributed by atoms with Gasteiger partial charge >= 0.3 is 217 Å². The fourth-order valence-corrected chi connectivity index (χ4v) is 6.28. The molecule has 1 amide bonds. The van der Waals surface area contributed by atoms with Crippen LogP contribution >= 0.6 is 24.1 Å². The Labute approximate surface area is 501 Å². The molecule has 0 saturated carbocycles. The zero-order valence-electron chi connectivity index (χ0n) is 30.2. The number of nitrogens with zero attached hydrogens (tertiary/aromatic N) is 4. The number of aromatic nitrogens is 2. The van der Waals surface area contributed by atoms with Crippen LogP contribution in [0.25, 0.3) is 11.8 Å². The Morgan fingerprint density at radius 3 is 1.86 bits per heavy atom. The standard InChI is InChI=1S/C27H22N4O18S4.4K/c1-14(32)45-24-18(26(34)31(29-24)20-13-16(51-49-47-37)9-11-22(20)53(41,42)43)7-5-3-4-6-17-23(27(35)44-2)28-30(25(17)33)19-12-15(50-48-46-36)8-10-21(19)52(38,39)40;;;;/h3-13,33,36-37H,1-2H3,(H,38,39,40)(H,41,42,43);;;;/q;4*+1/p-4. The Balaban J connectivity index is 0.00000784. The number of benzene rings is 2. The van der Waals surface area contributed by atoms with Crippen molar-refractivity contribution in [2.75, 3.05) is 12.1 Å². The van der Waals surface area contributed by atoms with E-state index >= 15 is 0 Å². The molecule has 1 aliphatic rings. The molecule has 1 N–H and O–H groups in total. The molecular weight excluding hydrogens is 953 g/mol. The minimum absolute atomic E-state index is 0. The van der Waals surface area contributed by atoms with Gasteiger partial charge in [0.25, 0.3) is 11.8 Å².